The van der Waals surface area contributed by atoms with Crippen molar-refractivity contribution < 1.29 is 0 Å². The first kappa shape index (κ1) is 12.7. The van der Waals surface area contributed by atoms with Crippen molar-refractivity contribution in [1.29, 1.82) is 0 Å². The van der Waals surface area contributed by atoms with Crippen LogP contribution in [0.1, 0.15) is 11.5 Å². The molecular formula is C16H17BrN2. The molecule has 1 heterocycles. The van der Waals surface area contributed by atoms with Crippen molar-refractivity contribution in [3.05, 3.63) is 64.6 Å². The minimum absolute atomic E-state index is 0.196. The molecule has 0 bridgehead atoms. The third kappa shape index (κ3) is 2.67. The second-order valence-corrected chi connectivity index (χ2v) is 5.98. The monoisotopic (exact) mass is 316 g/mol. The molecule has 0 aliphatic carbocycles. The van der Waals surface area contributed by atoms with E-state index in [1.807, 2.05) is 6.07 Å². The molecule has 19 heavy (non-hydrogen) atoms. The van der Waals surface area contributed by atoms with Crippen LogP contribution in [0, 0.1) is 0 Å². The summed E-state index contributed by atoms with van der Waals surface area (Å²) < 4.78 is 1.11. The van der Waals surface area contributed by atoms with Crippen LogP contribution >= 0.6 is 15.9 Å². The molecule has 2 N–H and O–H groups in total. The van der Waals surface area contributed by atoms with Crippen LogP contribution in [-0.2, 0) is 0 Å². The first-order valence-corrected chi connectivity index (χ1v) is 7.34. The predicted molar refractivity (Wildman–Crippen MR) is 83.5 cm³/mol. The molecular weight excluding hydrogens is 300 g/mol. The Morgan fingerprint density at radius 1 is 0.947 bits per heavy atom. The molecule has 1 fully saturated rings. The third-order valence-corrected chi connectivity index (χ3v) is 4.31. The predicted octanol–water partition coefficient (Wildman–Crippen LogP) is 3.38. The highest BCUT2D eigenvalue weighted by atomic mass is 79.9. The van der Waals surface area contributed by atoms with E-state index in [1.165, 1.54) is 11.3 Å². The van der Waals surface area contributed by atoms with E-state index < -0.39 is 0 Å². The van der Waals surface area contributed by atoms with Gasteiger partial charge >= 0.3 is 0 Å². The second kappa shape index (κ2) is 5.35. The third-order valence-electron chi connectivity index (χ3n) is 3.78. The maximum atomic E-state index is 6.32. The lowest BCUT2D eigenvalue weighted by Gasteiger charge is -2.18. The van der Waals surface area contributed by atoms with Gasteiger partial charge in [-0.1, -0.05) is 46.3 Å². The Hall–Kier alpha value is -1.32. The van der Waals surface area contributed by atoms with Gasteiger partial charge in [-0.2, -0.15) is 0 Å². The first-order valence-electron chi connectivity index (χ1n) is 6.55. The summed E-state index contributed by atoms with van der Waals surface area (Å²) in [6.45, 7) is 1.91. The summed E-state index contributed by atoms with van der Waals surface area (Å²) in [7, 11) is 0. The van der Waals surface area contributed by atoms with Crippen LogP contribution in [0.25, 0.3) is 0 Å². The smallest absolute Gasteiger partial charge is 0.0366 e. The van der Waals surface area contributed by atoms with Gasteiger partial charge in [0.1, 0.15) is 0 Å². The normalized spacial score (nSPS) is 22.7. The summed E-state index contributed by atoms with van der Waals surface area (Å²) in [5.74, 6) is 0.410. The van der Waals surface area contributed by atoms with Gasteiger partial charge in [-0.25, -0.2) is 0 Å². The zero-order chi connectivity index (χ0) is 13.2. The minimum Gasteiger partial charge on any atom is -0.369 e. The minimum atomic E-state index is 0.196. The number of benzene rings is 2. The topological polar surface area (TPSA) is 29.3 Å². The molecule has 3 heteroatoms. The number of hydrogen-bond acceptors (Lipinski definition) is 2. The molecule has 0 aromatic heterocycles. The molecule has 2 aromatic carbocycles. The molecule has 1 saturated heterocycles. The van der Waals surface area contributed by atoms with Crippen LogP contribution in [0.2, 0.25) is 0 Å². The molecule has 0 amide bonds. The Morgan fingerprint density at radius 3 is 2.32 bits per heavy atom. The van der Waals surface area contributed by atoms with Crippen molar-refractivity contribution in [3.8, 4) is 0 Å². The number of nitrogens with two attached hydrogens (primary N) is 1. The number of anilines is 1. The number of halogens is 1. The highest BCUT2D eigenvalue weighted by Gasteiger charge is 2.31. The van der Waals surface area contributed by atoms with Crippen molar-refractivity contribution in [2.24, 2.45) is 5.73 Å². The van der Waals surface area contributed by atoms with E-state index in [1.54, 1.807) is 0 Å². The van der Waals surface area contributed by atoms with Gasteiger partial charge in [0.15, 0.2) is 0 Å². The van der Waals surface area contributed by atoms with Crippen molar-refractivity contribution in [2.45, 2.75) is 12.0 Å². The number of hydrogen-bond donors (Lipinski definition) is 1. The molecule has 0 radical (unpaired) electrons. The molecule has 98 valence electrons. The lowest BCUT2D eigenvalue weighted by Crippen LogP contribution is -2.28. The van der Waals surface area contributed by atoms with Crippen LogP contribution in [-0.4, -0.2) is 19.1 Å². The van der Waals surface area contributed by atoms with Gasteiger partial charge in [0.2, 0.25) is 0 Å². The number of rotatable bonds is 2. The van der Waals surface area contributed by atoms with Crippen molar-refractivity contribution >= 4 is 21.6 Å². The Morgan fingerprint density at radius 2 is 1.63 bits per heavy atom. The molecule has 0 spiro atoms. The first-order chi connectivity index (χ1) is 9.24. The van der Waals surface area contributed by atoms with Gasteiger partial charge < -0.3 is 10.6 Å². The Labute approximate surface area is 122 Å². The Kier molecular flexibility index (Phi) is 3.58. The van der Waals surface area contributed by atoms with Crippen LogP contribution < -0.4 is 10.6 Å². The van der Waals surface area contributed by atoms with Crippen molar-refractivity contribution in [1.82, 2.24) is 0 Å². The fraction of sp³-hybridized carbons (Fsp3) is 0.250. The maximum Gasteiger partial charge on any atom is 0.0366 e. The highest BCUT2D eigenvalue weighted by molar-refractivity contribution is 9.10. The van der Waals surface area contributed by atoms with Gasteiger partial charge in [0, 0.05) is 35.2 Å². The number of nitrogens with zero attached hydrogens (tertiary/aromatic N) is 1. The van der Waals surface area contributed by atoms with E-state index in [4.69, 9.17) is 5.73 Å². The van der Waals surface area contributed by atoms with Crippen molar-refractivity contribution in [3.63, 3.8) is 0 Å². The van der Waals surface area contributed by atoms with Gasteiger partial charge in [-0.05, 0) is 29.8 Å². The van der Waals surface area contributed by atoms with E-state index in [0.29, 0.717) is 5.92 Å². The van der Waals surface area contributed by atoms with E-state index in [2.05, 4.69) is 69.4 Å². The summed E-state index contributed by atoms with van der Waals surface area (Å²) in [5.41, 5.74) is 8.91. The van der Waals surface area contributed by atoms with Crippen LogP contribution in [0.15, 0.2) is 59.1 Å². The largest absolute Gasteiger partial charge is 0.369 e. The van der Waals surface area contributed by atoms with E-state index in [-0.39, 0.29) is 6.04 Å². The van der Waals surface area contributed by atoms with E-state index in [0.717, 1.165) is 17.6 Å². The summed E-state index contributed by atoms with van der Waals surface area (Å²) in [6, 6.07) is 19.2. The summed E-state index contributed by atoms with van der Waals surface area (Å²) >= 11 is 3.48. The van der Waals surface area contributed by atoms with E-state index in [9.17, 15) is 0 Å². The molecule has 3 rings (SSSR count). The average molecular weight is 317 g/mol. The molecule has 2 atom stereocenters. The zero-order valence-corrected chi connectivity index (χ0v) is 12.3. The maximum absolute atomic E-state index is 6.32. The fourth-order valence-electron chi connectivity index (χ4n) is 2.74. The van der Waals surface area contributed by atoms with Gasteiger partial charge in [0.05, 0.1) is 0 Å². The molecule has 0 saturated carbocycles. The quantitative estimate of drug-likeness (QED) is 0.920. The summed E-state index contributed by atoms with van der Waals surface area (Å²) in [6.07, 6.45) is 0. The highest BCUT2D eigenvalue weighted by Crippen LogP contribution is 2.30. The van der Waals surface area contributed by atoms with E-state index >= 15 is 0 Å². The fourth-order valence-corrected chi connectivity index (χ4v) is 3.01. The average Bonchev–Trinajstić information content (AvgIpc) is 2.83. The molecule has 2 nitrogen and oxygen atoms in total. The molecule has 1 aliphatic heterocycles. The Bertz CT molecular complexity index is 538. The lowest BCUT2D eigenvalue weighted by atomic mass is 9.95. The lowest BCUT2D eigenvalue weighted by molar-refractivity contribution is 0.653. The summed E-state index contributed by atoms with van der Waals surface area (Å²) in [4.78, 5) is 2.37. The summed E-state index contributed by atoms with van der Waals surface area (Å²) in [5, 5.41) is 0. The Balaban J connectivity index is 1.80. The molecule has 2 aromatic rings. The van der Waals surface area contributed by atoms with Gasteiger partial charge in [0.25, 0.3) is 0 Å². The zero-order valence-electron chi connectivity index (χ0n) is 10.7. The SMILES string of the molecule is N[C@H]1CN(c2ccccc2)C[C@@H]1c1ccc(Br)cc1. The van der Waals surface area contributed by atoms with Gasteiger partial charge in [-0.3, -0.25) is 0 Å². The molecule has 0 unspecified atom stereocenters. The van der Waals surface area contributed by atoms with Crippen LogP contribution in [0.3, 0.4) is 0 Å². The standard InChI is InChI=1S/C16H17BrN2/c17-13-8-6-12(7-9-13)15-10-19(11-16(15)18)14-4-2-1-3-5-14/h1-9,15-16H,10-11,18H2/t15-,16+/m1/s1. The van der Waals surface area contributed by atoms with Crippen molar-refractivity contribution in [2.75, 3.05) is 18.0 Å². The van der Waals surface area contributed by atoms with Gasteiger partial charge in [-0.15, -0.1) is 0 Å². The van der Waals surface area contributed by atoms with Crippen LogP contribution in [0.5, 0.6) is 0 Å². The van der Waals surface area contributed by atoms with Crippen LogP contribution in [0.4, 0.5) is 5.69 Å². The second-order valence-electron chi connectivity index (χ2n) is 5.06. The molecule has 1 aliphatic rings. The number of para-hydroxylation sites is 1.